The number of nitrogens with one attached hydrogen (secondary N) is 1. The molecule has 28 heavy (non-hydrogen) atoms. The van der Waals surface area contributed by atoms with Gasteiger partial charge in [-0.25, -0.2) is 4.98 Å². The molecule has 6 nitrogen and oxygen atoms in total. The van der Waals surface area contributed by atoms with E-state index in [1.165, 1.54) is 16.9 Å². The molecule has 0 fully saturated rings. The Morgan fingerprint density at radius 2 is 2.14 bits per heavy atom. The molecule has 0 saturated carbocycles. The van der Waals surface area contributed by atoms with E-state index in [1.54, 1.807) is 17.4 Å². The molecule has 3 rings (SSSR count). The van der Waals surface area contributed by atoms with Gasteiger partial charge in [0.25, 0.3) is 5.56 Å². The number of fused-ring (bicyclic) bond motifs is 3. The minimum atomic E-state index is -0.594. The average Bonchev–Trinajstić information content (AvgIpc) is 3.00. The van der Waals surface area contributed by atoms with Crippen LogP contribution in [0.5, 0.6) is 0 Å². The van der Waals surface area contributed by atoms with Crippen molar-refractivity contribution in [2.45, 2.75) is 52.2 Å². The lowest BCUT2D eigenvalue weighted by molar-refractivity contribution is 0.00837. The predicted octanol–water partition coefficient (Wildman–Crippen LogP) is 2.88. The molecule has 0 aromatic carbocycles. The molecule has 7 heteroatoms. The summed E-state index contributed by atoms with van der Waals surface area (Å²) in [5.41, 5.74) is 1.16. The fraction of sp³-hybridized carbons (Fsp3) is 0.619. The number of nitrogens with zero attached hydrogens (tertiary/aromatic N) is 2. The highest BCUT2D eigenvalue weighted by Gasteiger charge is 2.20. The molecule has 2 aromatic rings. The lowest BCUT2D eigenvalue weighted by Crippen LogP contribution is -2.35. The van der Waals surface area contributed by atoms with Crippen molar-refractivity contribution in [3.63, 3.8) is 0 Å². The second kappa shape index (κ2) is 9.78. The summed E-state index contributed by atoms with van der Waals surface area (Å²) in [5, 5.41) is 11.1. The van der Waals surface area contributed by atoms with Gasteiger partial charge in [-0.3, -0.25) is 9.69 Å². The molecule has 2 N–H and O–H groups in total. The summed E-state index contributed by atoms with van der Waals surface area (Å²) in [7, 11) is 0. The molecule has 1 unspecified atom stereocenters. The Bertz CT molecular complexity index is 858. The van der Waals surface area contributed by atoms with E-state index in [4.69, 9.17) is 9.72 Å². The Morgan fingerprint density at radius 3 is 2.89 bits per heavy atom. The Balaban J connectivity index is 1.71. The van der Waals surface area contributed by atoms with Crippen LogP contribution >= 0.6 is 11.3 Å². The molecule has 0 radical (unpaired) electrons. The molecule has 2 aromatic heterocycles. The quantitative estimate of drug-likeness (QED) is 0.594. The Hall–Kier alpha value is -1.54. The summed E-state index contributed by atoms with van der Waals surface area (Å²) >= 11 is 1.66. The molecule has 2 heterocycles. The summed E-state index contributed by atoms with van der Waals surface area (Å²) in [6.45, 7) is 10.4. The second-order valence-electron chi connectivity index (χ2n) is 7.97. The van der Waals surface area contributed by atoms with Crippen molar-refractivity contribution in [3.05, 3.63) is 39.3 Å². The van der Waals surface area contributed by atoms with Gasteiger partial charge in [0.15, 0.2) is 0 Å². The molecule has 154 valence electrons. The van der Waals surface area contributed by atoms with Crippen molar-refractivity contribution >= 4 is 21.6 Å². The third-order valence-electron chi connectivity index (χ3n) is 4.87. The first-order valence-electron chi connectivity index (χ1n) is 10.1. The van der Waals surface area contributed by atoms with Crippen molar-refractivity contribution in [3.8, 4) is 0 Å². The molecule has 0 bridgehead atoms. The number of H-pyrrole nitrogens is 1. The normalized spacial score (nSPS) is 15.3. The Kier molecular flexibility index (Phi) is 7.40. The van der Waals surface area contributed by atoms with Gasteiger partial charge in [-0.05, 0) is 37.2 Å². The molecule has 0 spiro atoms. The van der Waals surface area contributed by atoms with Gasteiger partial charge in [-0.2, -0.15) is 0 Å². The monoisotopic (exact) mass is 405 g/mol. The van der Waals surface area contributed by atoms with Gasteiger partial charge < -0.3 is 14.8 Å². The zero-order valence-electron chi connectivity index (χ0n) is 16.9. The summed E-state index contributed by atoms with van der Waals surface area (Å²) < 4.78 is 5.54. The lowest BCUT2D eigenvalue weighted by atomic mass is 9.97. The summed E-state index contributed by atoms with van der Waals surface area (Å²) in [4.78, 5) is 24.6. The lowest BCUT2D eigenvalue weighted by Gasteiger charge is -2.23. The molecular formula is C21H31N3O3S. The number of hydrogen-bond donors (Lipinski definition) is 2. The first-order chi connectivity index (χ1) is 13.5. The van der Waals surface area contributed by atoms with Crippen molar-refractivity contribution in [2.24, 2.45) is 5.92 Å². The van der Waals surface area contributed by atoms with E-state index in [-0.39, 0.29) is 5.56 Å². The van der Waals surface area contributed by atoms with Crippen LogP contribution in [0, 0.1) is 5.92 Å². The first-order valence-corrected chi connectivity index (χ1v) is 10.9. The third kappa shape index (κ3) is 5.29. The van der Waals surface area contributed by atoms with Gasteiger partial charge in [0.2, 0.25) is 0 Å². The van der Waals surface area contributed by atoms with Crippen LogP contribution in [-0.4, -0.2) is 52.4 Å². The fourth-order valence-corrected chi connectivity index (χ4v) is 4.95. The fourth-order valence-electron chi connectivity index (χ4n) is 3.67. The SMILES string of the molecule is C=CCN(Cc1nc2sc3c(c2c(=O)[nH]1)CCCC3)CC(O)COCC(C)C. The maximum Gasteiger partial charge on any atom is 0.259 e. The number of aliphatic hydroxyl groups excluding tert-OH is 1. The smallest absolute Gasteiger partial charge is 0.259 e. The number of aromatic amines is 1. The van der Waals surface area contributed by atoms with Crippen LogP contribution in [0.1, 0.15) is 43.0 Å². The largest absolute Gasteiger partial charge is 0.389 e. The van der Waals surface area contributed by atoms with Crippen molar-refractivity contribution in [2.75, 3.05) is 26.3 Å². The van der Waals surface area contributed by atoms with Gasteiger partial charge in [0.1, 0.15) is 10.7 Å². The zero-order valence-corrected chi connectivity index (χ0v) is 17.7. The Morgan fingerprint density at radius 1 is 1.36 bits per heavy atom. The molecule has 1 aliphatic carbocycles. The number of rotatable bonds is 10. The number of ether oxygens (including phenoxy) is 1. The van der Waals surface area contributed by atoms with Crippen LogP contribution in [-0.2, 0) is 24.1 Å². The average molecular weight is 406 g/mol. The summed E-state index contributed by atoms with van der Waals surface area (Å²) in [6.07, 6.45) is 5.56. The molecule has 0 amide bonds. The summed E-state index contributed by atoms with van der Waals surface area (Å²) in [5.74, 6) is 1.07. The van der Waals surface area contributed by atoms with Crippen LogP contribution in [0.25, 0.3) is 10.2 Å². The number of hydrogen-bond acceptors (Lipinski definition) is 6. The molecule has 1 atom stereocenters. The summed E-state index contributed by atoms with van der Waals surface area (Å²) in [6, 6.07) is 0. The Labute approximate surface area is 170 Å². The zero-order chi connectivity index (χ0) is 20.1. The van der Waals surface area contributed by atoms with E-state index >= 15 is 0 Å². The second-order valence-corrected chi connectivity index (χ2v) is 9.06. The van der Waals surface area contributed by atoms with E-state index < -0.39 is 6.10 Å². The standard InChI is InChI=1S/C21H31N3O3S/c1-4-9-24(10-15(25)13-27-12-14(2)3)11-18-22-20(26)19-16-7-5-6-8-17(16)28-21(19)23-18/h4,14-15,25H,1,5-13H2,2-3H3,(H,22,23,26). The maximum atomic E-state index is 12.7. The van der Waals surface area contributed by atoms with E-state index in [0.29, 0.717) is 44.6 Å². The highest BCUT2D eigenvalue weighted by Crippen LogP contribution is 2.33. The van der Waals surface area contributed by atoms with Crippen molar-refractivity contribution in [1.82, 2.24) is 14.9 Å². The van der Waals surface area contributed by atoms with Crippen LogP contribution in [0.15, 0.2) is 17.4 Å². The first kappa shape index (κ1) is 21.2. The minimum Gasteiger partial charge on any atom is -0.389 e. The number of aliphatic hydroxyl groups is 1. The molecular weight excluding hydrogens is 374 g/mol. The number of aryl methyl sites for hydroxylation is 2. The molecule has 1 aliphatic rings. The molecule has 0 saturated heterocycles. The highest BCUT2D eigenvalue weighted by atomic mass is 32.1. The van der Waals surface area contributed by atoms with Gasteiger partial charge in [-0.15, -0.1) is 17.9 Å². The number of thiophene rings is 1. The maximum absolute atomic E-state index is 12.7. The number of aromatic nitrogens is 2. The van der Waals surface area contributed by atoms with E-state index in [0.717, 1.165) is 29.5 Å². The van der Waals surface area contributed by atoms with Gasteiger partial charge in [-0.1, -0.05) is 19.9 Å². The van der Waals surface area contributed by atoms with Crippen molar-refractivity contribution < 1.29 is 9.84 Å². The van der Waals surface area contributed by atoms with Gasteiger partial charge >= 0.3 is 0 Å². The van der Waals surface area contributed by atoms with Gasteiger partial charge in [0, 0.05) is 24.6 Å². The van der Waals surface area contributed by atoms with E-state index in [2.05, 4.69) is 25.4 Å². The topological polar surface area (TPSA) is 78.5 Å². The molecule has 0 aliphatic heterocycles. The highest BCUT2D eigenvalue weighted by molar-refractivity contribution is 7.18. The van der Waals surface area contributed by atoms with Gasteiger partial charge in [0.05, 0.1) is 24.6 Å². The van der Waals surface area contributed by atoms with E-state index in [9.17, 15) is 9.90 Å². The third-order valence-corrected chi connectivity index (χ3v) is 6.05. The van der Waals surface area contributed by atoms with Crippen molar-refractivity contribution in [1.29, 1.82) is 0 Å². The van der Waals surface area contributed by atoms with Crippen LogP contribution in [0.3, 0.4) is 0 Å². The minimum absolute atomic E-state index is 0.0428. The predicted molar refractivity (Wildman–Crippen MR) is 114 cm³/mol. The van der Waals surface area contributed by atoms with E-state index in [1.807, 2.05) is 4.90 Å². The van der Waals surface area contributed by atoms with Crippen LogP contribution in [0.4, 0.5) is 0 Å². The van der Waals surface area contributed by atoms with Crippen LogP contribution in [0.2, 0.25) is 0 Å². The van der Waals surface area contributed by atoms with Crippen LogP contribution < -0.4 is 5.56 Å².